The van der Waals surface area contributed by atoms with Crippen molar-refractivity contribution in [2.75, 3.05) is 32.7 Å². The van der Waals surface area contributed by atoms with E-state index < -0.39 is 0 Å². The van der Waals surface area contributed by atoms with Crippen molar-refractivity contribution in [2.45, 2.75) is 31.8 Å². The zero-order chi connectivity index (χ0) is 13.8. The molecular formula is C16H23N3S. The SMILES string of the molecule is NCC#Cc1csc(CN2CCCN3CCCC3C2)c1. The first-order valence-corrected chi connectivity index (χ1v) is 8.46. The van der Waals surface area contributed by atoms with Crippen molar-refractivity contribution < 1.29 is 0 Å². The van der Waals surface area contributed by atoms with Crippen LogP contribution in [0.3, 0.4) is 0 Å². The predicted octanol–water partition coefficient (Wildman–Crippen LogP) is 1.73. The molecule has 3 rings (SSSR count). The molecule has 1 aromatic rings. The Balaban J connectivity index is 1.60. The second-order valence-electron chi connectivity index (χ2n) is 5.73. The second kappa shape index (κ2) is 6.73. The van der Waals surface area contributed by atoms with Crippen molar-refractivity contribution in [1.29, 1.82) is 0 Å². The molecule has 0 radical (unpaired) electrons. The maximum absolute atomic E-state index is 5.42. The number of thiophene rings is 1. The summed E-state index contributed by atoms with van der Waals surface area (Å²) in [6.07, 6.45) is 4.08. The van der Waals surface area contributed by atoms with Crippen LogP contribution in [0, 0.1) is 11.8 Å². The number of rotatable bonds is 2. The van der Waals surface area contributed by atoms with Crippen LogP contribution in [0.4, 0.5) is 0 Å². The van der Waals surface area contributed by atoms with Gasteiger partial charge in [0.15, 0.2) is 0 Å². The molecule has 1 aromatic heterocycles. The normalized spacial score (nSPS) is 23.9. The van der Waals surface area contributed by atoms with Crippen LogP contribution in [0.1, 0.15) is 29.7 Å². The summed E-state index contributed by atoms with van der Waals surface area (Å²) >= 11 is 1.83. The summed E-state index contributed by atoms with van der Waals surface area (Å²) in [4.78, 5) is 6.74. The molecule has 0 aromatic carbocycles. The molecule has 20 heavy (non-hydrogen) atoms. The van der Waals surface area contributed by atoms with Gasteiger partial charge in [0, 0.05) is 35.0 Å². The van der Waals surface area contributed by atoms with E-state index in [1.54, 1.807) is 0 Å². The monoisotopic (exact) mass is 289 g/mol. The fourth-order valence-corrected chi connectivity index (χ4v) is 4.19. The minimum Gasteiger partial charge on any atom is -0.320 e. The van der Waals surface area contributed by atoms with Crippen LogP contribution >= 0.6 is 11.3 Å². The van der Waals surface area contributed by atoms with Crippen LogP contribution in [0.2, 0.25) is 0 Å². The van der Waals surface area contributed by atoms with E-state index in [1.807, 2.05) is 11.3 Å². The van der Waals surface area contributed by atoms with Gasteiger partial charge in [0.25, 0.3) is 0 Å². The lowest BCUT2D eigenvalue weighted by Gasteiger charge is -2.25. The molecule has 2 N–H and O–H groups in total. The van der Waals surface area contributed by atoms with Crippen molar-refractivity contribution in [3.05, 3.63) is 21.9 Å². The molecular weight excluding hydrogens is 266 g/mol. The zero-order valence-electron chi connectivity index (χ0n) is 12.0. The summed E-state index contributed by atoms with van der Waals surface area (Å²) in [5.74, 6) is 6.05. The summed E-state index contributed by atoms with van der Waals surface area (Å²) in [5, 5.41) is 2.15. The maximum atomic E-state index is 5.42. The summed E-state index contributed by atoms with van der Waals surface area (Å²) < 4.78 is 0. The highest BCUT2D eigenvalue weighted by Crippen LogP contribution is 2.23. The number of nitrogens with zero attached hydrogens (tertiary/aromatic N) is 2. The smallest absolute Gasteiger partial charge is 0.0555 e. The van der Waals surface area contributed by atoms with Crippen molar-refractivity contribution in [3.63, 3.8) is 0 Å². The van der Waals surface area contributed by atoms with Gasteiger partial charge in [-0.1, -0.05) is 11.8 Å². The average molecular weight is 289 g/mol. The van der Waals surface area contributed by atoms with Crippen LogP contribution in [0.25, 0.3) is 0 Å². The van der Waals surface area contributed by atoms with Gasteiger partial charge in [-0.3, -0.25) is 9.80 Å². The Morgan fingerprint density at radius 2 is 2.20 bits per heavy atom. The molecule has 2 fully saturated rings. The molecule has 0 spiro atoms. The van der Waals surface area contributed by atoms with E-state index in [2.05, 4.69) is 33.1 Å². The molecule has 2 saturated heterocycles. The van der Waals surface area contributed by atoms with Crippen LogP contribution < -0.4 is 5.73 Å². The Kier molecular flexibility index (Phi) is 4.74. The highest BCUT2D eigenvalue weighted by atomic mass is 32.1. The van der Waals surface area contributed by atoms with Gasteiger partial charge in [0.1, 0.15) is 0 Å². The molecule has 0 amide bonds. The van der Waals surface area contributed by atoms with Gasteiger partial charge in [0.05, 0.1) is 6.54 Å². The summed E-state index contributed by atoms with van der Waals surface area (Å²) in [7, 11) is 0. The Morgan fingerprint density at radius 3 is 3.10 bits per heavy atom. The Labute approximate surface area is 125 Å². The van der Waals surface area contributed by atoms with Crippen molar-refractivity contribution in [2.24, 2.45) is 5.73 Å². The Bertz CT molecular complexity index is 499. The molecule has 1 atom stereocenters. The average Bonchev–Trinajstić information content (AvgIpc) is 3.03. The number of nitrogens with two attached hydrogens (primary N) is 1. The zero-order valence-corrected chi connectivity index (χ0v) is 12.8. The fraction of sp³-hybridized carbons (Fsp3) is 0.625. The first-order valence-electron chi connectivity index (χ1n) is 7.58. The van der Waals surface area contributed by atoms with Gasteiger partial charge in [-0.15, -0.1) is 11.3 Å². The van der Waals surface area contributed by atoms with Gasteiger partial charge < -0.3 is 5.73 Å². The molecule has 4 heteroatoms. The quantitative estimate of drug-likeness (QED) is 0.842. The molecule has 0 aliphatic carbocycles. The molecule has 1 unspecified atom stereocenters. The van der Waals surface area contributed by atoms with Gasteiger partial charge in [-0.05, 0) is 45.0 Å². The summed E-state index contributed by atoms with van der Waals surface area (Å²) in [6.45, 7) is 6.60. The molecule has 2 aliphatic rings. The molecule has 3 nitrogen and oxygen atoms in total. The topological polar surface area (TPSA) is 32.5 Å². The number of hydrogen-bond acceptors (Lipinski definition) is 4. The van der Waals surface area contributed by atoms with Crippen LogP contribution in [0.5, 0.6) is 0 Å². The third kappa shape index (κ3) is 3.42. The Morgan fingerprint density at radius 1 is 1.30 bits per heavy atom. The highest BCUT2D eigenvalue weighted by Gasteiger charge is 2.28. The fourth-order valence-electron chi connectivity index (χ4n) is 3.33. The third-order valence-electron chi connectivity index (χ3n) is 4.26. The van der Waals surface area contributed by atoms with E-state index in [0.29, 0.717) is 6.54 Å². The number of fused-ring (bicyclic) bond motifs is 1. The number of hydrogen-bond donors (Lipinski definition) is 1. The van der Waals surface area contributed by atoms with Crippen molar-refractivity contribution >= 4 is 11.3 Å². The van der Waals surface area contributed by atoms with Crippen molar-refractivity contribution in [1.82, 2.24) is 9.80 Å². The van der Waals surface area contributed by atoms with E-state index in [4.69, 9.17) is 5.73 Å². The van der Waals surface area contributed by atoms with Crippen LogP contribution in [-0.2, 0) is 6.54 Å². The van der Waals surface area contributed by atoms with Crippen LogP contribution in [-0.4, -0.2) is 48.6 Å². The van der Waals surface area contributed by atoms with E-state index in [0.717, 1.165) is 18.2 Å². The molecule has 3 heterocycles. The molecule has 0 bridgehead atoms. The molecule has 108 valence electrons. The summed E-state index contributed by atoms with van der Waals surface area (Å²) in [6, 6.07) is 3.03. The largest absolute Gasteiger partial charge is 0.320 e. The van der Waals surface area contributed by atoms with E-state index in [1.165, 1.54) is 50.3 Å². The van der Waals surface area contributed by atoms with Crippen molar-refractivity contribution in [3.8, 4) is 11.8 Å². The minimum atomic E-state index is 0.439. The lowest BCUT2D eigenvalue weighted by molar-refractivity contribution is 0.216. The third-order valence-corrected chi connectivity index (χ3v) is 5.18. The lowest BCUT2D eigenvalue weighted by atomic mass is 10.2. The van der Waals surface area contributed by atoms with Gasteiger partial charge in [0.2, 0.25) is 0 Å². The highest BCUT2D eigenvalue weighted by molar-refractivity contribution is 7.10. The first-order chi connectivity index (χ1) is 9.85. The van der Waals surface area contributed by atoms with Gasteiger partial charge in [-0.2, -0.15) is 0 Å². The first kappa shape index (κ1) is 14.1. The minimum absolute atomic E-state index is 0.439. The van der Waals surface area contributed by atoms with Gasteiger partial charge >= 0.3 is 0 Å². The lowest BCUT2D eigenvalue weighted by Crippen LogP contribution is -2.36. The van der Waals surface area contributed by atoms with E-state index in [9.17, 15) is 0 Å². The summed E-state index contributed by atoms with van der Waals surface area (Å²) in [5.41, 5.74) is 6.53. The van der Waals surface area contributed by atoms with E-state index in [-0.39, 0.29) is 0 Å². The van der Waals surface area contributed by atoms with Gasteiger partial charge in [-0.25, -0.2) is 0 Å². The molecule has 0 saturated carbocycles. The van der Waals surface area contributed by atoms with E-state index >= 15 is 0 Å². The standard InChI is InChI=1S/C16H23N3S/c17-6-1-4-14-10-16(20-13-14)12-18-7-3-9-19-8-2-5-15(19)11-18/h10,13,15H,2-3,5-9,11-12,17H2. The maximum Gasteiger partial charge on any atom is 0.0555 e. The second-order valence-corrected chi connectivity index (χ2v) is 6.72. The Hall–Kier alpha value is -0.860. The van der Waals surface area contributed by atoms with Crippen LogP contribution in [0.15, 0.2) is 11.4 Å². The molecule has 2 aliphatic heterocycles. The predicted molar refractivity (Wildman–Crippen MR) is 84.7 cm³/mol.